The zero-order valence-corrected chi connectivity index (χ0v) is 13.2. The summed E-state index contributed by atoms with van der Waals surface area (Å²) >= 11 is 0. The molecule has 1 unspecified atom stereocenters. The summed E-state index contributed by atoms with van der Waals surface area (Å²) in [6.45, 7) is 1.72. The molecule has 1 aliphatic heterocycles. The van der Waals surface area contributed by atoms with Gasteiger partial charge in [0.05, 0.1) is 6.61 Å². The van der Waals surface area contributed by atoms with E-state index in [9.17, 15) is 13.2 Å². The lowest BCUT2D eigenvalue weighted by atomic mass is 10.1. The molecule has 3 rings (SSSR count). The average molecular weight is 354 g/mol. The van der Waals surface area contributed by atoms with Crippen molar-refractivity contribution in [1.29, 1.82) is 0 Å². The van der Waals surface area contributed by atoms with Gasteiger partial charge in [0.2, 0.25) is 0 Å². The van der Waals surface area contributed by atoms with E-state index in [-0.39, 0.29) is 11.9 Å². The second kappa shape index (κ2) is 7.71. The largest absolute Gasteiger partial charge is 0.573 e. The molecule has 2 atom stereocenters. The standard InChI is InChI=1S/C17H17F3N2O3/c18-17(19,20)25-14-6-2-1-5-13(14)24-16(12-4-3-7-21-10-12)15-11-22-8-9-23-15/h1-7,10,15-16,22H,8-9,11H2/t15?,16-/m0/s1. The highest BCUT2D eigenvalue weighted by molar-refractivity contribution is 5.40. The molecule has 1 N–H and O–H groups in total. The molecule has 1 aromatic heterocycles. The Kier molecular flexibility index (Phi) is 5.40. The molecule has 8 heteroatoms. The van der Waals surface area contributed by atoms with Gasteiger partial charge in [-0.05, 0) is 18.2 Å². The number of rotatable bonds is 5. The molecule has 0 aliphatic carbocycles. The van der Waals surface area contributed by atoms with Crippen LogP contribution >= 0.6 is 0 Å². The molecule has 0 bridgehead atoms. The Morgan fingerprint density at radius 3 is 2.60 bits per heavy atom. The number of halogens is 3. The minimum Gasteiger partial charge on any atom is -0.479 e. The number of nitrogens with zero attached hydrogens (tertiary/aromatic N) is 1. The zero-order chi connectivity index (χ0) is 17.7. The SMILES string of the molecule is FC(F)(F)Oc1ccccc1O[C@@H](c1cccnc1)C1CNCCO1. The number of morpholine rings is 1. The smallest absolute Gasteiger partial charge is 0.479 e. The minimum atomic E-state index is -4.80. The van der Waals surface area contributed by atoms with Gasteiger partial charge in [-0.2, -0.15) is 0 Å². The number of alkyl halides is 3. The number of nitrogens with one attached hydrogen (secondary N) is 1. The zero-order valence-electron chi connectivity index (χ0n) is 13.2. The second-order valence-electron chi connectivity index (χ2n) is 5.43. The van der Waals surface area contributed by atoms with E-state index in [0.29, 0.717) is 25.3 Å². The third-order valence-electron chi connectivity index (χ3n) is 3.64. The fourth-order valence-electron chi connectivity index (χ4n) is 2.58. The van der Waals surface area contributed by atoms with E-state index in [1.54, 1.807) is 30.6 Å². The van der Waals surface area contributed by atoms with Gasteiger partial charge in [0.1, 0.15) is 6.10 Å². The van der Waals surface area contributed by atoms with Gasteiger partial charge in [-0.3, -0.25) is 4.98 Å². The first kappa shape index (κ1) is 17.5. The van der Waals surface area contributed by atoms with Gasteiger partial charge < -0.3 is 19.5 Å². The molecule has 1 saturated heterocycles. The van der Waals surface area contributed by atoms with Crippen molar-refractivity contribution in [1.82, 2.24) is 10.3 Å². The number of benzene rings is 1. The van der Waals surface area contributed by atoms with E-state index in [1.165, 1.54) is 18.2 Å². The van der Waals surface area contributed by atoms with Gasteiger partial charge in [-0.25, -0.2) is 0 Å². The molecule has 0 saturated carbocycles. The number of hydrogen-bond donors (Lipinski definition) is 1. The van der Waals surface area contributed by atoms with E-state index >= 15 is 0 Å². The van der Waals surface area contributed by atoms with Crippen LogP contribution in [0.25, 0.3) is 0 Å². The molecule has 134 valence electrons. The Labute approximate surface area is 142 Å². The molecular weight excluding hydrogens is 337 g/mol. The van der Waals surface area contributed by atoms with Crippen molar-refractivity contribution >= 4 is 0 Å². The maximum absolute atomic E-state index is 12.6. The maximum Gasteiger partial charge on any atom is 0.573 e. The van der Waals surface area contributed by atoms with Crippen molar-refractivity contribution in [3.8, 4) is 11.5 Å². The summed E-state index contributed by atoms with van der Waals surface area (Å²) in [4.78, 5) is 4.06. The van der Waals surface area contributed by atoms with Crippen molar-refractivity contribution < 1.29 is 27.4 Å². The Morgan fingerprint density at radius 2 is 1.96 bits per heavy atom. The monoisotopic (exact) mass is 354 g/mol. The van der Waals surface area contributed by atoms with Crippen LogP contribution in [0.3, 0.4) is 0 Å². The first-order valence-corrected chi connectivity index (χ1v) is 7.76. The quantitative estimate of drug-likeness (QED) is 0.894. The predicted octanol–water partition coefficient (Wildman–Crippen LogP) is 3.09. The Bertz CT molecular complexity index is 676. The summed E-state index contributed by atoms with van der Waals surface area (Å²) in [5.74, 6) is -0.407. The summed E-state index contributed by atoms with van der Waals surface area (Å²) < 4.78 is 53.5. The van der Waals surface area contributed by atoms with Crippen LogP contribution in [0.2, 0.25) is 0 Å². The van der Waals surface area contributed by atoms with Crippen molar-refractivity contribution in [2.45, 2.75) is 18.6 Å². The van der Waals surface area contributed by atoms with Crippen molar-refractivity contribution in [3.05, 3.63) is 54.4 Å². The van der Waals surface area contributed by atoms with Crippen LogP contribution in [-0.2, 0) is 4.74 Å². The molecular formula is C17H17F3N2O3. The molecule has 0 spiro atoms. The minimum absolute atomic E-state index is 0.0112. The van der Waals surface area contributed by atoms with Crippen LogP contribution in [0.5, 0.6) is 11.5 Å². The third-order valence-corrected chi connectivity index (χ3v) is 3.64. The van der Waals surface area contributed by atoms with E-state index < -0.39 is 18.2 Å². The van der Waals surface area contributed by atoms with Gasteiger partial charge in [0.25, 0.3) is 0 Å². The first-order chi connectivity index (χ1) is 12.0. The van der Waals surface area contributed by atoms with Crippen molar-refractivity contribution in [3.63, 3.8) is 0 Å². The van der Waals surface area contributed by atoms with Crippen LogP contribution in [0.1, 0.15) is 11.7 Å². The van der Waals surface area contributed by atoms with Crippen LogP contribution in [-0.4, -0.2) is 37.1 Å². The lowest BCUT2D eigenvalue weighted by Gasteiger charge is -2.31. The van der Waals surface area contributed by atoms with Gasteiger partial charge >= 0.3 is 6.36 Å². The first-order valence-electron chi connectivity index (χ1n) is 7.76. The van der Waals surface area contributed by atoms with Crippen LogP contribution in [0, 0.1) is 0 Å². The summed E-state index contributed by atoms with van der Waals surface area (Å²) in [7, 11) is 0. The lowest BCUT2D eigenvalue weighted by Crippen LogP contribution is -2.43. The normalized spacial score (nSPS) is 19.2. The van der Waals surface area contributed by atoms with Crippen LogP contribution in [0.15, 0.2) is 48.8 Å². The maximum atomic E-state index is 12.6. The van der Waals surface area contributed by atoms with E-state index in [2.05, 4.69) is 15.0 Å². The topological polar surface area (TPSA) is 52.6 Å². The fourth-order valence-corrected chi connectivity index (χ4v) is 2.58. The average Bonchev–Trinajstić information content (AvgIpc) is 2.61. The van der Waals surface area contributed by atoms with E-state index in [0.717, 1.165) is 0 Å². The third kappa shape index (κ3) is 4.83. The summed E-state index contributed by atoms with van der Waals surface area (Å²) in [5.41, 5.74) is 0.706. The number of ether oxygens (including phenoxy) is 3. The highest BCUT2D eigenvalue weighted by atomic mass is 19.4. The summed E-state index contributed by atoms with van der Waals surface area (Å²) in [6.07, 6.45) is -2.57. The van der Waals surface area contributed by atoms with E-state index in [1.807, 2.05) is 0 Å². The molecule has 1 aliphatic rings. The van der Waals surface area contributed by atoms with Crippen molar-refractivity contribution in [2.75, 3.05) is 19.7 Å². The lowest BCUT2D eigenvalue weighted by molar-refractivity contribution is -0.275. The van der Waals surface area contributed by atoms with Gasteiger partial charge in [-0.1, -0.05) is 18.2 Å². The number of hydrogen-bond acceptors (Lipinski definition) is 5. The van der Waals surface area contributed by atoms with Gasteiger partial charge in [0.15, 0.2) is 17.6 Å². The summed E-state index contributed by atoms with van der Waals surface area (Å²) in [6, 6.07) is 9.21. The molecule has 1 fully saturated rings. The molecule has 5 nitrogen and oxygen atoms in total. The number of aromatic nitrogens is 1. The highest BCUT2D eigenvalue weighted by Gasteiger charge is 2.34. The molecule has 0 radical (unpaired) electrons. The van der Waals surface area contributed by atoms with Crippen LogP contribution < -0.4 is 14.8 Å². The van der Waals surface area contributed by atoms with E-state index in [4.69, 9.17) is 9.47 Å². The number of para-hydroxylation sites is 2. The molecule has 2 heterocycles. The predicted molar refractivity (Wildman–Crippen MR) is 83.3 cm³/mol. The summed E-state index contributed by atoms with van der Waals surface area (Å²) in [5, 5.41) is 3.19. The number of pyridine rings is 1. The Balaban J connectivity index is 1.88. The van der Waals surface area contributed by atoms with Gasteiger partial charge in [-0.15, -0.1) is 13.2 Å². The fraction of sp³-hybridized carbons (Fsp3) is 0.353. The highest BCUT2D eigenvalue weighted by Crippen LogP contribution is 2.36. The molecule has 0 amide bonds. The Hall–Kier alpha value is -2.32. The van der Waals surface area contributed by atoms with Gasteiger partial charge in [0, 0.05) is 31.0 Å². The van der Waals surface area contributed by atoms with Crippen LogP contribution in [0.4, 0.5) is 13.2 Å². The molecule has 1 aromatic carbocycles. The molecule has 25 heavy (non-hydrogen) atoms. The molecule has 2 aromatic rings. The Morgan fingerprint density at radius 1 is 1.16 bits per heavy atom. The second-order valence-corrected chi connectivity index (χ2v) is 5.43. The van der Waals surface area contributed by atoms with Crippen molar-refractivity contribution in [2.24, 2.45) is 0 Å².